The van der Waals surface area contributed by atoms with Gasteiger partial charge in [0, 0.05) is 10.6 Å². The zero-order chi connectivity index (χ0) is 15.0. The van der Waals surface area contributed by atoms with Gasteiger partial charge in [-0.15, -0.1) is 11.6 Å². The molecule has 0 nitrogen and oxygen atoms in total. The molecule has 0 aliphatic rings. The van der Waals surface area contributed by atoms with Gasteiger partial charge in [-0.3, -0.25) is 0 Å². The van der Waals surface area contributed by atoms with Gasteiger partial charge in [0.15, 0.2) is 0 Å². The third-order valence-corrected chi connectivity index (χ3v) is 4.24. The Morgan fingerprint density at radius 1 is 0.950 bits per heavy atom. The van der Waals surface area contributed by atoms with Crippen molar-refractivity contribution in [1.29, 1.82) is 0 Å². The summed E-state index contributed by atoms with van der Waals surface area (Å²) in [5.74, 6) is -1.29. The molecule has 2 aromatic carbocycles. The van der Waals surface area contributed by atoms with Crippen LogP contribution < -0.4 is 0 Å². The minimum absolute atomic E-state index is 0.156. The van der Waals surface area contributed by atoms with Crippen molar-refractivity contribution >= 4 is 23.2 Å². The average Bonchev–Trinajstić information content (AvgIpc) is 2.38. The number of alkyl halides is 1. The van der Waals surface area contributed by atoms with Gasteiger partial charge in [0.1, 0.15) is 11.6 Å². The molecule has 4 heteroatoms. The first-order chi connectivity index (χ1) is 9.32. The molecular formula is C16H14Cl2F2. The summed E-state index contributed by atoms with van der Waals surface area (Å²) >= 11 is 12.4. The Bertz CT molecular complexity index is 666. The molecule has 0 heterocycles. The van der Waals surface area contributed by atoms with Crippen LogP contribution in [-0.2, 0) is 0 Å². The van der Waals surface area contributed by atoms with Crippen LogP contribution in [0.2, 0.25) is 5.02 Å². The van der Waals surface area contributed by atoms with Gasteiger partial charge in [-0.2, -0.15) is 0 Å². The normalized spacial score (nSPS) is 12.6. The lowest BCUT2D eigenvalue weighted by Crippen LogP contribution is -2.04. The van der Waals surface area contributed by atoms with Crippen molar-refractivity contribution < 1.29 is 8.78 Å². The molecule has 0 bridgehead atoms. The quantitative estimate of drug-likeness (QED) is 0.608. The Morgan fingerprint density at radius 2 is 1.55 bits per heavy atom. The molecule has 0 saturated heterocycles. The van der Waals surface area contributed by atoms with E-state index >= 15 is 0 Å². The first kappa shape index (κ1) is 15.3. The molecule has 2 rings (SSSR count). The SMILES string of the molecule is Cc1cc(Cl)c(C(Cl)c2c(F)ccc(C)c2F)cc1C. The van der Waals surface area contributed by atoms with Crippen molar-refractivity contribution in [3.05, 3.63) is 68.7 Å². The van der Waals surface area contributed by atoms with Crippen LogP contribution in [-0.4, -0.2) is 0 Å². The molecule has 2 aromatic rings. The molecule has 1 atom stereocenters. The predicted molar refractivity (Wildman–Crippen MR) is 79.7 cm³/mol. The Balaban J connectivity index is 2.60. The molecule has 0 saturated carbocycles. The van der Waals surface area contributed by atoms with Gasteiger partial charge in [-0.1, -0.05) is 23.7 Å². The molecule has 0 fully saturated rings. The second-order valence-electron chi connectivity index (χ2n) is 4.91. The highest BCUT2D eigenvalue weighted by atomic mass is 35.5. The highest BCUT2D eigenvalue weighted by Crippen LogP contribution is 2.38. The summed E-state index contributed by atoms with van der Waals surface area (Å²) in [5, 5.41) is -0.546. The van der Waals surface area contributed by atoms with Crippen LogP contribution in [0.1, 0.15) is 33.2 Å². The number of aryl methyl sites for hydroxylation is 3. The van der Waals surface area contributed by atoms with Gasteiger partial charge < -0.3 is 0 Å². The van der Waals surface area contributed by atoms with Crippen LogP contribution in [0.5, 0.6) is 0 Å². The fourth-order valence-electron chi connectivity index (χ4n) is 2.06. The van der Waals surface area contributed by atoms with E-state index in [0.717, 1.165) is 11.1 Å². The molecule has 0 spiro atoms. The molecule has 0 radical (unpaired) electrons. The number of rotatable bonds is 2. The van der Waals surface area contributed by atoms with E-state index in [1.165, 1.54) is 12.1 Å². The molecule has 0 aliphatic carbocycles. The number of halogens is 4. The van der Waals surface area contributed by atoms with Crippen LogP contribution in [0.25, 0.3) is 0 Å². The lowest BCUT2D eigenvalue weighted by atomic mass is 9.98. The van der Waals surface area contributed by atoms with Crippen molar-refractivity contribution in [3.63, 3.8) is 0 Å². The maximum atomic E-state index is 14.1. The van der Waals surface area contributed by atoms with E-state index in [1.807, 2.05) is 13.8 Å². The lowest BCUT2D eigenvalue weighted by molar-refractivity contribution is 0.553. The fraction of sp³-hybridized carbons (Fsp3) is 0.250. The molecule has 0 aromatic heterocycles. The zero-order valence-electron chi connectivity index (χ0n) is 11.4. The largest absolute Gasteiger partial charge is 0.207 e. The van der Waals surface area contributed by atoms with E-state index in [1.54, 1.807) is 19.1 Å². The molecule has 0 amide bonds. The summed E-state index contributed by atoms with van der Waals surface area (Å²) < 4.78 is 28.1. The average molecular weight is 315 g/mol. The third-order valence-electron chi connectivity index (χ3n) is 3.46. The van der Waals surface area contributed by atoms with E-state index in [2.05, 4.69) is 0 Å². The van der Waals surface area contributed by atoms with Crippen LogP contribution in [0, 0.1) is 32.4 Å². The lowest BCUT2D eigenvalue weighted by Gasteiger charge is -2.16. The van der Waals surface area contributed by atoms with Gasteiger partial charge in [0.2, 0.25) is 0 Å². The monoisotopic (exact) mass is 314 g/mol. The van der Waals surface area contributed by atoms with E-state index in [0.29, 0.717) is 16.1 Å². The Hall–Kier alpha value is -1.12. The molecule has 0 N–H and O–H groups in total. The maximum Gasteiger partial charge on any atom is 0.134 e. The third kappa shape index (κ3) is 2.68. The van der Waals surface area contributed by atoms with Crippen molar-refractivity contribution in [2.45, 2.75) is 26.1 Å². The topological polar surface area (TPSA) is 0 Å². The van der Waals surface area contributed by atoms with Gasteiger partial charge in [0.25, 0.3) is 0 Å². The molecular weight excluding hydrogens is 301 g/mol. The Morgan fingerprint density at radius 3 is 2.20 bits per heavy atom. The summed E-state index contributed by atoms with van der Waals surface area (Å²) in [6.45, 7) is 5.40. The highest BCUT2D eigenvalue weighted by Gasteiger charge is 2.23. The molecule has 106 valence electrons. The van der Waals surface area contributed by atoms with Crippen molar-refractivity contribution in [2.75, 3.05) is 0 Å². The smallest absolute Gasteiger partial charge is 0.134 e. The van der Waals surface area contributed by atoms with Crippen LogP contribution in [0.15, 0.2) is 24.3 Å². The van der Waals surface area contributed by atoms with Crippen LogP contribution >= 0.6 is 23.2 Å². The first-order valence-corrected chi connectivity index (χ1v) is 6.99. The number of benzene rings is 2. The summed E-state index contributed by atoms with van der Waals surface area (Å²) in [6, 6.07) is 6.14. The minimum Gasteiger partial charge on any atom is -0.207 e. The summed E-state index contributed by atoms with van der Waals surface area (Å²) in [4.78, 5) is 0. The summed E-state index contributed by atoms with van der Waals surface area (Å²) in [5.41, 5.74) is 2.69. The van der Waals surface area contributed by atoms with E-state index in [-0.39, 0.29) is 5.56 Å². The molecule has 20 heavy (non-hydrogen) atoms. The van der Waals surface area contributed by atoms with Crippen molar-refractivity contribution in [2.24, 2.45) is 0 Å². The zero-order valence-corrected chi connectivity index (χ0v) is 12.9. The van der Waals surface area contributed by atoms with Crippen molar-refractivity contribution in [1.82, 2.24) is 0 Å². The second kappa shape index (κ2) is 5.71. The van der Waals surface area contributed by atoms with Crippen LogP contribution in [0.4, 0.5) is 8.78 Å². The van der Waals surface area contributed by atoms with Gasteiger partial charge in [-0.05, 0) is 55.2 Å². The van der Waals surface area contributed by atoms with Crippen LogP contribution in [0.3, 0.4) is 0 Å². The van der Waals surface area contributed by atoms with Gasteiger partial charge >= 0.3 is 0 Å². The fourth-order valence-corrected chi connectivity index (χ4v) is 2.83. The van der Waals surface area contributed by atoms with Gasteiger partial charge in [-0.25, -0.2) is 8.78 Å². The van der Waals surface area contributed by atoms with E-state index in [4.69, 9.17) is 23.2 Å². The maximum absolute atomic E-state index is 14.1. The Kier molecular flexibility index (Phi) is 4.36. The van der Waals surface area contributed by atoms with Gasteiger partial charge in [0.05, 0.1) is 5.38 Å². The summed E-state index contributed by atoms with van der Waals surface area (Å²) in [6.07, 6.45) is 0. The molecule has 1 unspecified atom stereocenters. The number of hydrogen-bond donors (Lipinski definition) is 0. The minimum atomic E-state index is -0.957. The highest BCUT2D eigenvalue weighted by molar-refractivity contribution is 6.33. The van der Waals surface area contributed by atoms with Crippen molar-refractivity contribution in [3.8, 4) is 0 Å². The molecule has 0 aliphatic heterocycles. The number of hydrogen-bond acceptors (Lipinski definition) is 0. The summed E-state index contributed by atoms with van der Waals surface area (Å²) in [7, 11) is 0. The van der Waals surface area contributed by atoms with E-state index < -0.39 is 17.0 Å². The first-order valence-electron chi connectivity index (χ1n) is 6.18. The Labute approximate surface area is 127 Å². The van der Waals surface area contributed by atoms with E-state index in [9.17, 15) is 8.78 Å². The predicted octanol–water partition coefficient (Wildman–Crippen LogP) is 5.87. The second-order valence-corrected chi connectivity index (χ2v) is 5.76. The standard InChI is InChI=1S/C16H14Cl2F2/c1-8-4-5-13(19)14(16(8)20)15(18)11-6-9(2)10(3)7-12(11)17/h4-7,15H,1-3H3.